The lowest BCUT2D eigenvalue weighted by atomic mass is 9.81. The van der Waals surface area contributed by atoms with E-state index in [1.165, 1.54) is 38.5 Å². The number of hydrogen-bond acceptors (Lipinski definition) is 3. The van der Waals surface area contributed by atoms with Crippen LogP contribution < -0.4 is 5.32 Å². The van der Waals surface area contributed by atoms with Gasteiger partial charge in [-0.2, -0.15) is 0 Å². The smallest absolute Gasteiger partial charge is 0.159 e. The van der Waals surface area contributed by atoms with Crippen molar-refractivity contribution in [1.82, 2.24) is 9.88 Å². The fraction of sp³-hybridized carbons (Fsp3) is 0.140. The van der Waals surface area contributed by atoms with Gasteiger partial charge < -0.3 is 14.3 Å². The Labute approximate surface area is 314 Å². The first-order chi connectivity index (χ1) is 26.5. The molecule has 8 aromatic rings. The molecule has 260 valence electrons. The number of aromatic nitrogens is 1. The zero-order chi connectivity index (χ0) is 36.1. The summed E-state index contributed by atoms with van der Waals surface area (Å²) < 4.78 is 9.40. The van der Waals surface area contributed by atoms with Crippen molar-refractivity contribution in [2.24, 2.45) is 10.9 Å². The molecular weight excluding hydrogens is 659 g/mol. The Balaban J connectivity index is 1.13. The second kappa shape index (κ2) is 11.6. The summed E-state index contributed by atoms with van der Waals surface area (Å²) in [6.07, 6.45) is 9.79. The van der Waals surface area contributed by atoms with Crippen molar-refractivity contribution >= 4 is 49.6 Å². The first-order valence-corrected chi connectivity index (χ1v) is 19.0. The minimum atomic E-state index is -0.251. The third-order valence-corrected chi connectivity index (χ3v) is 12.2. The van der Waals surface area contributed by atoms with Crippen LogP contribution in [0.25, 0.3) is 60.6 Å². The summed E-state index contributed by atoms with van der Waals surface area (Å²) in [5.74, 6) is 1.18. The zero-order valence-corrected chi connectivity index (χ0v) is 30.4. The average Bonchev–Trinajstić information content (AvgIpc) is 3.83. The number of hydrogen-bond donors (Lipinski definition) is 1. The third-order valence-electron chi connectivity index (χ3n) is 12.2. The Morgan fingerprint density at radius 2 is 1.54 bits per heavy atom. The highest BCUT2D eigenvalue weighted by Crippen LogP contribution is 2.51. The van der Waals surface area contributed by atoms with Gasteiger partial charge in [0.15, 0.2) is 5.58 Å². The molecule has 3 unspecified atom stereocenters. The highest BCUT2D eigenvalue weighted by Gasteiger charge is 2.37. The van der Waals surface area contributed by atoms with Gasteiger partial charge in [0.1, 0.15) is 17.5 Å². The topological polar surface area (TPSA) is 42.5 Å². The Hall–Kier alpha value is -6.39. The van der Waals surface area contributed by atoms with Crippen LogP contribution in [-0.2, 0) is 5.41 Å². The van der Waals surface area contributed by atoms with Crippen LogP contribution in [-0.4, -0.2) is 16.4 Å². The lowest BCUT2D eigenvalue weighted by Gasteiger charge is -2.36. The maximum Gasteiger partial charge on any atom is 0.159 e. The van der Waals surface area contributed by atoms with Crippen LogP contribution in [0.2, 0.25) is 0 Å². The fourth-order valence-electron chi connectivity index (χ4n) is 9.60. The molecule has 3 aliphatic rings. The molecule has 0 radical (unpaired) electrons. The van der Waals surface area contributed by atoms with E-state index in [2.05, 4.69) is 175 Å². The number of nitrogens with one attached hydrogen (secondary N) is 1. The van der Waals surface area contributed by atoms with Gasteiger partial charge in [-0.3, -0.25) is 4.99 Å². The molecular formula is C50H39N3O. The van der Waals surface area contributed by atoms with Crippen LogP contribution in [0, 0.1) is 5.92 Å². The second-order valence-corrected chi connectivity index (χ2v) is 15.6. The normalized spacial score (nSPS) is 20.1. The van der Waals surface area contributed by atoms with Crippen LogP contribution in [0.4, 0.5) is 0 Å². The quantitative estimate of drug-likeness (QED) is 0.186. The molecule has 4 heteroatoms. The van der Waals surface area contributed by atoms with E-state index in [1.807, 2.05) is 0 Å². The number of amidine groups is 1. The Bertz CT molecular complexity index is 2950. The summed E-state index contributed by atoms with van der Waals surface area (Å²) in [5, 5.41) is 8.45. The van der Waals surface area contributed by atoms with Gasteiger partial charge >= 0.3 is 0 Å². The molecule has 11 rings (SSSR count). The van der Waals surface area contributed by atoms with Crippen LogP contribution in [0.5, 0.6) is 0 Å². The SMILES string of the molecule is C=C1C(c2cccc3oc4c(-n5c6ccccc6c6cc7c(cc65)C(C)(C)c5ccccc5-7)cccc4c23)N=C(c2ccccc2)NC1C1C=CC=CC1. The number of nitrogens with zero attached hydrogens (tertiary/aromatic N) is 2. The maximum absolute atomic E-state index is 6.98. The van der Waals surface area contributed by atoms with Crippen molar-refractivity contribution in [2.75, 3.05) is 0 Å². The van der Waals surface area contributed by atoms with Gasteiger partial charge in [-0.15, -0.1) is 0 Å². The van der Waals surface area contributed by atoms with E-state index in [4.69, 9.17) is 16.0 Å². The van der Waals surface area contributed by atoms with E-state index in [9.17, 15) is 0 Å². The van der Waals surface area contributed by atoms with E-state index in [0.717, 1.165) is 62.1 Å². The van der Waals surface area contributed by atoms with E-state index in [1.54, 1.807) is 0 Å². The Morgan fingerprint density at radius 1 is 0.741 bits per heavy atom. The number of rotatable bonds is 4. The molecule has 0 spiro atoms. The summed E-state index contributed by atoms with van der Waals surface area (Å²) in [6.45, 7) is 9.45. The van der Waals surface area contributed by atoms with Crippen molar-refractivity contribution < 1.29 is 4.42 Å². The van der Waals surface area contributed by atoms with Crippen LogP contribution in [0.1, 0.15) is 48.6 Å². The maximum atomic E-state index is 6.98. The van der Waals surface area contributed by atoms with Crippen molar-refractivity contribution in [1.29, 1.82) is 0 Å². The van der Waals surface area contributed by atoms with Crippen molar-refractivity contribution in [2.45, 2.75) is 37.8 Å². The molecule has 0 saturated carbocycles. The van der Waals surface area contributed by atoms with Crippen molar-refractivity contribution in [3.8, 4) is 16.8 Å². The lowest BCUT2D eigenvalue weighted by molar-refractivity contribution is 0.478. The Morgan fingerprint density at radius 3 is 2.41 bits per heavy atom. The monoisotopic (exact) mass is 697 g/mol. The van der Waals surface area contributed by atoms with Crippen LogP contribution in [0.15, 0.2) is 173 Å². The van der Waals surface area contributed by atoms with E-state index >= 15 is 0 Å². The van der Waals surface area contributed by atoms with Gasteiger partial charge in [0, 0.05) is 38.4 Å². The van der Waals surface area contributed by atoms with Crippen molar-refractivity contribution in [3.05, 3.63) is 186 Å². The average molecular weight is 698 g/mol. The first kappa shape index (κ1) is 31.2. The van der Waals surface area contributed by atoms with E-state index in [0.29, 0.717) is 0 Å². The third kappa shape index (κ3) is 4.40. The van der Waals surface area contributed by atoms with Gasteiger partial charge in [-0.05, 0) is 70.1 Å². The number of aliphatic imine (C=N–C) groups is 1. The summed E-state index contributed by atoms with van der Waals surface area (Å²) in [6, 6.07) is 45.8. The van der Waals surface area contributed by atoms with Crippen LogP contribution in [0.3, 0.4) is 0 Å². The van der Waals surface area contributed by atoms with Gasteiger partial charge in [0.05, 0.1) is 22.8 Å². The number of allylic oxidation sites excluding steroid dienone is 3. The predicted molar refractivity (Wildman–Crippen MR) is 224 cm³/mol. The lowest BCUT2D eigenvalue weighted by Crippen LogP contribution is -2.46. The Kier molecular flexibility index (Phi) is 6.67. The number of fused-ring (bicyclic) bond motifs is 9. The fourth-order valence-corrected chi connectivity index (χ4v) is 9.60. The summed E-state index contributed by atoms with van der Waals surface area (Å²) >= 11 is 0. The molecule has 3 atom stereocenters. The molecule has 6 aromatic carbocycles. The molecule has 0 amide bonds. The molecule has 2 aliphatic carbocycles. The van der Waals surface area contributed by atoms with E-state index < -0.39 is 0 Å². The molecule has 0 saturated heterocycles. The second-order valence-electron chi connectivity index (χ2n) is 15.6. The molecule has 54 heavy (non-hydrogen) atoms. The predicted octanol–water partition coefficient (Wildman–Crippen LogP) is 12.1. The molecule has 4 nitrogen and oxygen atoms in total. The number of furan rings is 1. The van der Waals surface area contributed by atoms with Gasteiger partial charge in [0.2, 0.25) is 0 Å². The molecule has 1 N–H and O–H groups in total. The highest BCUT2D eigenvalue weighted by molar-refractivity contribution is 6.15. The first-order valence-electron chi connectivity index (χ1n) is 19.0. The van der Waals surface area contributed by atoms with E-state index in [-0.39, 0.29) is 23.4 Å². The molecule has 0 bridgehead atoms. The van der Waals surface area contributed by atoms with Crippen LogP contribution >= 0.6 is 0 Å². The molecule has 2 aromatic heterocycles. The number of benzene rings is 6. The molecule has 3 heterocycles. The van der Waals surface area contributed by atoms with Gasteiger partial charge in [-0.1, -0.05) is 142 Å². The van der Waals surface area contributed by atoms with Gasteiger partial charge in [0.25, 0.3) is 0 Å². The van der Waals surface area contributed by atoms with Crippen molar-refractivity contribution in [3.63, 3.8) is 0 Å². The standard InChI is InChI=1S/C50H39N3O/c1-30-46(31-16-6-4-7-17-31)51-49(32-18-8-5-9-19-32)52-47(30)35-22-15-27-44-45(35)36-23-14-26-42(48(36)54-44)53-41-25-13-11-21-34(41)38-28-37-33-20-10-12-24-39(33)50(2,3)40(37)29-43(38)53/h4-16,18-29,31,46-47H,1,17H2,2-3H3,(H,51,52). The minimum Gasteiger partial charge on any atom is -0.454 e. The summed E-state index contributed by atoms with van der Waals surface area (Å²) in [7, 11) is 0. The highest BCUT2D eigenvalue weighted by atomic mass is 16.3. The van der Waals surface area contributed by atoms with Gasteiger partial charge in [-0.25, -0.2) is 0 Å². The minimum absolute atomic E-state index is 0.0302. The summed E-state index contributed by atoms with van der Waals surface area (Å²) in [4.78, 5) is 5.42. The zero-order valence-electron chi connectivity index (χ0n) is 30.4. The number of para-hydroxylation sites is 2. The largest absolute Gasteiger partial charge is 0.454 e. The summed E-state index contributed by atoms with van der Waals surface area (Å²) in [5.41, 5.74) is 13.6. The molecule has 1 aliphatic heterocycles. The molecule has 0 fully saturated rings.